The monoisotopic (exact) mass is 266 g/mol. The van der Waals surface area contributed by atoms with Gasteiger partial charge in [0, 0.05) is 7.85 Å². The smallest absolute Gasteiger partial charge is 0.411 e. The molecule has 0 aliphatic rings. The fourth-order valence-electron chi connectivity index (χ4n) is 1.52. The molecule has 1 atom stereocenters. The van der Waals surface area contributed by atoms with Crippen molar-refractivity contribution in [3.8, 4) is 0 Å². The molecule has 2 N–H and O–H groups in total. The average molecular weight is 266 g/mol. The predicted octanol–water partition coefficient (Wildman–Crippen LogP) is 3.49. The minimum Gasteiger partial charge on any atom is -0.453 e. The van der Waals surface area contributed by atoms with Crippen LogP contribution in [0.5, 0.6) is 0 Å². The number of hydrogen-bond donors (Lipinski definition) is 2. The van der Waals surface area contributed by atoms with Gasteiger partial charge in [0.25, 0.3) is 0 Å². The second-order valence-corrected chi connectivity index (χ2v) is 4.43. The maximum atomic E-state index is 11.8. The Balaban J connectivity index is 0.00000361. The Hall–Kier alpha value is -2.04. The molecule has 0 spiro atoms. The van der Waals surface area contributed by atoms with E-state index in [1.165, 1.54) is 7.11 Å². The molecule has 5 heteroatoms. The Labute approximate surface area is 114 Å². The lowest BCUT2D eigenvalue weighted by molar-refractivity contribution is -0.117. The van der Waals surface area contributed by atoms with Gasteiger partial charge in [-0.3, -0.25) is 10.1 Å². The van der Waals surface area contributed by atoms with Crippen LogP contribution in [-0.2, 0) is 9.53 Å². The number of methoxy groups -OCH3 is 1. The van der Waals surface area contributed by atoms with E-state index >= 15 is 0 Å². The van der Waals surface area contributed by atoms with Crippen LogP contribution in [0.4, 0.5) is 16.2 Å². The fraction of sp³-hybridized carbons (Fsp3) is 0.429. The molecule has 2 amide bonds. The number of carbonyl (C=O) groups excluding carboxylic acids is 2. The summed E-state index contributed by atoms with van der Waals surface area (Å²) in [5.74, 6) is 0.272. The summed E-state index contributed by atoms with van der Waals surface area (Å²) in [4.78, 5) is 23.0. The number of nitrogens with one attached hydrogen (secondary N) is 2. The maximum Gasteiger partial charge on any atom is 0.411 e. The Morgan fingerprint density at radius 3 is 2.37 bits per heavy atom. The van der Waals surface area contributed by atoms with Crippen molar-refractivity contribution in [1.29, 1.82) is 0 Å². The molecule has 1 rings (SSSR count). The van der Waals surface area contributed by atoms with Gasteiger partial charge in [-0.15, -0.1) is 0 Å². The van der Waals surface area contributed by atoms with E-state index < -0.39 is 6.09 Å². The van der Waals surface area contributed by atoms with Crippen LogP contribution in [0.2, 0.25) is 0 Å². The molecule has 1 aromatic rings. The number of carbonyl (C=O) groups is 2. The molecule has 0 aliphatic carbocycles. The largest absolute Gasteiger partial charge is 0.453 e. The van der Waals surface area contributed by atoms with E-state index in [9.17, 15) is 9.59 Å². The van der Waals surface area contributed by atoms with Gasteiger partial charge in [0.2, 0.25) is 5.91 Å². The van der Waals surface area contributed by atoms with Gasteiger partial charge in [0.15, 0.2) is 0 Å². The second-order valence-electron chi connectivity index (χ2n) is 4.43. The third-order valence-corrected chi connectivity index (χ3v) is 2.85. The zero-order valence-corrected chi connectivity index (χ0v) is 11.5. The zero-order valence-electron chi connectivity index (χ0n) is 11.5. The van der Waals surface area contributed by atoms with Crippen molar-refractivity contribution < 1.29 is 15.8 Å². The number of para-hydroxylation sites is 2. The summed E-state index contributed by atoms with van der Waals surface area (Å²) in [7, 11) is 1.29. The van der Waals surface area contributed by atoms with Crippen molar-refractivity contribution in [3.05, 3.63) is 24.3 Å². The minimum absolute atomic E-state index is 0. The molecule has 0 bridgehead atoms. The minimum atomic E-state index is -0.566. The van der Waals surface area contributed by atoms with E-state index in [1.807, 2.05) is 13.8 Å². The number of amides is 2. The molecule has 1 aromatic carbocycles. The molecule has 0 fully saturated rings. The predicted molar refractivity (Wildman–Crippen MR) is 77.3 cm³/mol. The topological polar surface area (TPSA) is 67.4 Å². The Kier molecular flexibility index (Phi) is 5.85. The van der Waals surface area contributed by atoms with E-state index in [-0.39, 0.29) is 7.33 Å². The number of ether oxygens (including phenoxy) is 1. The highest BCUT2D eigenvalue weighted by atomic mass is 16.5. The van der Waals surface area contributed by atoms with Gasteiger partial charge in [0.1, 0.15) is 0 Å². The molecule has 0 radical (unpaired) electrons. The van der Waals surface area contributed by atoms with Crippen molar-refractivity contribution in [2.75, 3.05) is 17.7 Å². The molecule has 0 saturated carbocycles. The standard InChI is InChI=1S/C14H20N2O3.H2/c1-4-10(2)9-13(17)15-11-7-5-6-8-12(11)16-14(18)19-3;/h5-8,10H,4,9H2,1-3H3,(H,15,17)(H,16,18);1H/t10-;/m0./s1. The van der Waals surface area contributed by atoms with Crippen LogP contribution in [0.25, 0.3) is 0 Å². The first-order valence-electron chi connectivity index (χ1n) is 6.30. The van der Waals surface area contributed by atoms with Crippen LogP contribution >= 0.6 is 0 Å². The first kappa shape index (κ1) is 15.0. The van der Waals surface area contributed by atoms with Crippen LogP contribution in [0.1, 0.15) is 28.1 Å². The summed E-state index contributed by atoms with van der Waals surface area (Å²) in [5, 5.41) is 5.35. The highest BCUT2D eigenvalue weighted by Gasteiger charge is 2.11. The Morgan fingerprint density at radius 1 is 1.26 bits per heavy atom. The molecule has 0 aliphatic heterocycles. The number of rotatable bonds is 5. The van der Waals surface area contributed by atoms with Gasteiger partial charge in [-0.25, -0.2) is 4.79 Å². The van der Waals surface area contributed by atoms with Crippen molar-refractivity contribution >= 4 is 23.4 Å². The lowest BCUT2D eigenvalue weighted by Gasteiger charge is -2.13. The van der Waals surface area contributed by atoms with Gasteiger partial charge < -0.3 is 10.1 Å². The van der Waals surface area contributed by atoms with Crippen LogP contribution < -0.4 is 10.6 Å². The van der Waals surface area contributed by atoms with Gasteiger partial charge in [-0.2, -0.15) is 0 Å². The Bertz CT molecular complexity index is 452. The highest BCUT2D eigenvalue weighted by Crippen LogP contribution is 2.22. The van der Waals surface area contributed by atoms with Gasteiger partial charge in [0.05, 0.1) is 18.5 Å². The molecular formula is C14H22N2O3. The number of hydrogen-bond acceptors (Lipinski definition) is 3. The van der Waals surface area contributed by atoms with E-state index in [0.29, 0.717) is 23.7 Å². The molecular weight excluding hydrogens is 244 g/mol. The normalized spacial score (nSPS) is 11.5. The molecule has 0 heterocycles. The first-order valence-corrected chi connectivity index (χ1v) is 6.30. The van der Waals surface area contributed by atoms with Crippen molar-refractivity contribution in [2.45, 2.75) is 26.7 Å². The summed E-state index contributed by atoms with van der Waals surface area (Å²) in [5.41, 5.74) is 1.09. The fourth-order valence-corrected chi connectivity index (χ4v) is 1.52. The van der Waals surface area contributed by atoms with Crippen molar-refractivity contribution in [2.24, 2.45) is 5.92 Å². The summed E-state index contributed by atoms with van der Waals surface area (Å²) < 4.78 is 4.53. The van der Waals surface area contributed by atoms with Crippen molar-refractivity contribution in [1.82, 2.24) is 0 Å². The van der Waals surface area contributed by atoms with E-state index in [2.05, 4.69) is 15.4 Å². The lowest BCUT2D eigenvalue weighted by Crippen LogP contribution is -2.17. The molecule has 0 saturated heterocycles. The third kappa shape index (κ3) is 4.99. The van der Waals surface area contributed by atoms with Crippen LogP contribution in [0.3, 0.4) is 0 Å². The quantitative estimate of drug-likeness (QED) is 0.857. The first-order chi connectivity index (χ1) is 9.06. The maximum absolute atomic E-state index is 11.8. The second kappa shape index (κ2) is 7.41. The summed E-state index contributed by atoms with van der Waals surface area (Å²) in [6, 6.07) is 7.01. The van der Waals surface area contributed by atoms with Crippen molar-refractivity contribution in [3.63, 3.8) is 0 Å². The van der Waals surface area contributed by atoms with Gasteiger partial charge in [-0.05, 0) is 18.1 Å². The van der Waals surface area contributed by atoms with Gasteiger partial charge in [-0.1, -0.05) is 32.4 Å². The SMILES string of the molecule is CC[C@H](C)CC(=O)Nc1ccccc1NC(=O)OC.[HH]. The van der Waals surface area contributed by atoms with E-state index in [4.69, 9.17) is 0 Å². The Morgan fingerprint density at radius 2 is 1.84 bits per heavy atom. The average Bonchev–Trinajstić information content (AvgIpc) is 2.40. The number of benzene rings is 1. The molecule has 0 aromatic heterocycles. The lowest BCUT2D eigenvalue weighted by atomic mass is 10.0. The van der Waals surface area contributed by atoms with E-state index in [0.717, 1.165) is 6.42 Å². The highest BCUT2D eigenvalue weighted by molar-refractivity contribution is 5.97. The van der Waals surface area contributed by atoms with E-state index in [1.54, 1.807) is 24.3 Å². The van der Waals surface area contributed by atoms with Gasteiger partial charge >= 0.3 is 6.09 Å². The number of anilines is 2. The van der Waals surface area contributed by atoms with Crippen LogP contribution in [0, 0.1) is 5.92 Å². The van der Waals surface area contributed by atoms with Crippen LogP contribution in [-0.4, -0.2) is 19.1 Å². The molecule has 106 valence electrons. The molecule has 19 heavy (non-hydrogen) atoms. The summed E-state index contributed by atoms with van der Waals surface area (Å²) in [6.07, 6.45) is 0.849. The molecule has 0 unspecified atom stereocenters. The summed E-state index contributed by atoms with van der Waals surface area (Å²) in [6.45, 7) is 4.07. The molecule has 5 nitrogen and oxygen atoms in total. The third-order valence-electron chi connectivity index (χ3n) is 2.85. The zero-order chi connectivity index (χ0) is 14.3. The van der Waals surface area contributed by atoms with Crippen LogP contribution in [0.15, 0.2) is 24.3 Å². The summed E-state index contributed by atoms with van der Waals surface area (Å²) >= 11 is 0.